The molecular weight excluding hydrogens is 440 g/mol. The van der Waals surface area contributed by atoms with Crippen molar-refractivity contribution in [2.45, 2.75) is 16.5 Å². The third-order valence-electron chi connectivity index (χ3n) is 3.57. The molecule has 144 valence electrons. The van der Waals surface area contributed by atoms with Gasteiger partial charge in [0.25, 0.3) is 5.69 Å². The molecule has 7 nitrogen and oxygen atoms in total. The molecule has 11 heteroatoms. The van der Waals surface area contributed by atoms with Crippen LogP contribution < -0.4 is 5.32 Å². The van der Waals surface area contributed by atoms with Crippen LogP contribution in [0, 0.1) is 14.1 Å². The van der Waals surface area contributed by atoms with E-state index in [9.17, 15) is 14.9 Å². The predicted octanol–water partition coefficient (Wildman–Crippen LogP) is 5.34. The Morgan fingerprint density at radius 2 is 2.07 bits per heavy atom. The normalized spacial score (nSPS) is 11.8. The first-order valence-corrected chi connectivity index (χ1v) is 10.4. The average Bonchev–Trinajstić information content (AvgIpc) is 3.02. The maximum atomic E-state index is 12.4. The highest BCUT2D eigenvalue weighted by Crippen LogP contribution is 2.29. The number of carbonyl (C=O) groups excluding carboxylic acids is 1. The van der Waals surface area contributed by atoms with Gasteiger partial charge in [0.05, 0.1) is 15.9 Å². The van der Waals surface area contributed by atoms with E-state index in [2.05, 4.69) is 10.4 Å². The number of nitro benzene ring substituents is 1. The van der Waals surface area contributed by atoms with E-state index < -0.39 is 10.2 Å². The fourth-order valence-corrected chi connectivity index (χ4v) is 4.83. The van der Waals surface area contributed by atoms with Gasteiger partial charge in [-0.05, 0) is 49.5 Å². The standard InChI is InChI=1S/C17H13ClN4O3S3/c1-10(15(23)19-12-3-2-4-14(9-12)22(24)25)27-16-20-21(17(26)28-16)13-7-5-11(18)6-8-13/h2-10H,1H3,(H,19,23). The van der Waals surface area contributed by atoms with Crippen LogP contribution in [-0.4, -0.2) is 25.9 Å². The first-order chi connectivity index (χ1) is 13.3. The highest BCUT2D eigenvalue weighted by atomic mass is 35.5. The molecule has 1 N–H and O–H groups in total. The SMILES string of the molecule is CC(Sc1nn(-c2ccc(Cl)cc2)c(=S)s1)C(=O)Nc1cccc([N+](=O)[O-])c1. The van der Waals surface area contributed by atoms with Crippen LogP contribution in [0.3, 0.4) is 0 Å². The molecule has 1 atom stereocenters. The van der Waals surface area contributed by atoms with Crippen LogP contribution in [0.15, 0.2) is 52.9 Å². The second-order valence-corrected chi connectivity index (χ2v) is 9.23. The molecule has 0 aliphatic carbocycles. The lowest BCUT2D eigenvalue weighted by atomic mass is 10.2. The van der Waals surface area contributed by atoms with Crippen LogP contribution in [0.25, 0.3) is 5.69 Å². The quantitative estimate of drug-likeness (QED) is 0.235. The van der Waals surface area contributed by atoms with Gasteiger partial charge in [-0.15, -0.1) is 5.10 Å². The molecule has 1 amide bonds. The number of hydrogen-bond donors (Lipinski definition) is 1. The van der Waals surface area contributed by atoms with E-state index in [-0.39, 0.29) is 11.6 Å². The van der Waals surface area contributed by atoms with Gasteiger partial charge in [-0.2, -0.15) is 0 Å². The van der Waals surface area contributed by atoms with E-state index in [4.69, 9.17) is 23.8 Å². The number of carbonyl (C=O) groups is 1. The molecule has 0 aliphatic heterocycles. The Kier molecular flexibility index (Phi) is 6.45. The van der Waals surface area contributed by atoms with Gasteiger partial charge in [0.15, 0.2) is 8.29 Å². The van der Waals surface area contributed by atoms with Crippen LogP contribution in [-0.2, 0) is 4.79 Å². The number of halogens is 1. The zero-order valence-corrected chi connectivity index (χ0v) is 17.6. The second-order valence-electron chi connectivity index (χ2n) is 5.58. The molecule has 1 unspecified atom stereocenters. The van der Waals surface area contributed by atoms with Crippen molar-refractivity contribution in [2.75, 3.05) is 5.32 Å². The van der Waals surface area contributed by atoms with E-state index in [1.807, 2.05) is 12.1 Å². The summed E-state index contributed by atoms with van der Waals surface area (Å²) < 4.78 is 2.81. The number of anilines is 1. The maximum absolute atomic E-state index is 12.4. The number of aromatic nitrogens is 2. The minimum Gasteiger partial charge on any atom is -0.325 e. The summed E-state index contributed by atoms with van der Waals surface area (Å²) in [7, 11) is 0. The van der Waals surface area contributed by atoms with E-state index >= 15 is 0 Å². The van der Waals surface area contributed by atoms with Gasteiger partial charge >= 0.3 is 0 Å². The summed E-state index contributed by atoms with van der Waals surface area (Å²) in [6, 6.07) is 12.9. The van der Waals surface area contributed by atoms with E-state index in [1.54, 1.807) is 29.8 Å². The molecule has 0 saturated heterocycles. The van der Waals surface area contributed by atoms with Gasteiger partial charge in [0.2, 0.25) is 5.91 Å². The predicted molar refractivity (Wildman–Crippen MR) is 114 cm³/mol. The maximum Gasteiger partial charge on any atom is 0.271 e. The van der Waals surface area contributed by atoms with Crippen molar-refractivity contribution in [1.29, 1.82) is 0 Å². The minimum absolute atomic E-state index is 0.0854. The lowest BCUT2D eigenvalue weighted by molar-refractivity contribution is -0.384. The van der Waals surface area contributed by atoms with Crippen molar-refractivity contribution in [2.24, 2.45) is 0 Å². The molecule has 1 heterocycles. The monoisotopic (exact) mass is 452 g/mol. The Balaban J connectivity index is 1.70. The van der Waals surface area contributed by atoms with Gasteiger partial charge in [-0.25, -0.2) is 4.68 Å². The molecule has 0 aliphatic rings. The number of amides is 1. The molecule has 0 saturated carbocycles. The Morgan fingerprint density at radius 3 is 2.75 bits per heavy atom. The van der Waals surface area contributed by atoms with Crippen LogP contribution in [0.2, 0.25) is 5.02 Å². The summed E-state index contributed by atoms with van der Waals surface area (Å²) in [5, 5.41) is 18.1. The molecule has 28 heavy (non-hydrogen) atoms. The molecule has 2 aromatic carbocycles. The van der Waals surface area contributed by atoms with Crippen molar-refractivity contribution < 1.29 is 9.72 Å². The van der Waals surface area contributed by atoms with Gasteiger partial charge in [-0.3, -0.25) is 14.9 Å². The van der Waals surface area contributed by atoms with E-state index in [1.165, 1.54) is 41.3 Å². The molecule has 3 aromatic rings. The highest BCUT2D eigenvalue weighted by Gasteiger charge is 2.18. The van der Waals surface area contributed by atoms with Crippen molar-refractivity contribution in [3.05, 3.63) is 67.6 Å². The van der Waals surface area contributed by atoms with E-state index in [0.29, 0.717) is 19.0 Å². The fraction of sp³-hybridized carbons (Fsp3) is 0.118. The number of benzene rings is 2. The Morgan fingerprint density at radius 1 is 1.36 bits per heavy atom. The highest BCUT2D eigenvalue weighted by molar-refractivity contribution is 8.02. The van der Waals surface area contributed by atoms with Crippen molar-refractivity contribution >= 4 is 64.2 Å². The lowest BCUT2D eigenvalue weighted by Crippen LogP contribution is -2.22. The molecule has 0 spiro atoms. The van der Waals surface area contributed by atoms with Gasteiger partial charge < -0.3 is 5.32 Å². The van der Waals surface area contributed by atoms with Crippen molar-refractivity contribution in [3.8, 4) is 5.69 Å². The fourth-order valence-electron chi connectivity index (χ4n) is 2.20. The number of nitrogens with one attached hydrogen (secondary N) is 1. The number of nitro groups is 1. The molecular formula is C17H13ClN4O3S3. The summed E-state index contributed by atoms with van der Waals surface area (Å²) >= 11 is 13.8. The van der Waals surface area contributed by atoms with Gasteiger partial charge in [0.1, 0.15) is 0 Å². The van der Waals surface area contributed by atoms with Crippen LogP contribution in [0.4, 0.5) is 11.4 Å². The molecule has 0 bridgehead atoms. The van der Waals surface area contributed by atoms with Crippen LogP contribution >= 0.6 is 46.9 Å². The summed E-state index contributed by atoms with van der Waals surface area (Å²) in [6.45, 7) is 1.73. The van der Waals surface area contributed by atoms with Crippen LogP contribution in [0.5, 0.6) is 0 Å². The van der Waals surface area contributed by atoms with Gasteiger partial charge in [0, 0.05) is 22.8 Å². The first kappa shape index (κ1) is 20.5. The Bertz CT molecular complexity index is 1080. The average molecular weight is 453 g/mol. The number of nitrogens with zero attached hydrogens (tertiary/aromatic N) is 3. The van der Waals surface area contributed by atoms with Gasteiger partial charge in [-0.1, -0.05) is 40.8 Å². The van der Waals surface area contributed by atoms with Crippen molar-refractivity contribution in [3.63, 3.8) is 0 Å². The number of rotatable bonds is 6. The van der Waals surface area contributed by atoms with E-state index in [0.717, 1.165) is 5.69 Å². The Labute approximate surface area is 178 Å². The summed E-state index contributed by atoms with van der Waals surface area (Å²) in [5.41, 5.74) is 1.06. The molecule has 1 aromatic heterocycles. The number of thioether (sulfide) groups is 1. The zero-order valence-electron chi connectivity index (χ0n) is 14.4. The number of hydrogen-bond acceptors (Lipinski definition) is 7. The summed E-state index contributed by atoms with van der Waals surface area (Å²) in [6.07, 6.45) is 0. The van der Waals surface area contributed by atoms with Crippen molar-refractivity contribution in [1.82, 2.24) is 9.78 Å². The van der Waals surface area contributed by atoms with Crippen LogP contribution in [0.1, 0.15) is 6.92 Å². The largest absolute Gasteiger partial charge is 0.325 e. The molecule has 0 fully saturated rings. The first-order valence-electron chi connectivity index (χ1n) is 7.91. The molecule has 0 radical (unpaired) electrons. The topological polar surface area (TPSA) is 90.1 Å². The third kappa shape index (κ3) is 4.96. The minimum atomic E-state index is -0.510. The lowest BCUT2D eigenvalue weighted by Gasteiger charge is -2.10. The third-order valence-corrected chi connectivity index (χ3v) is 6.24. The summed E-state index contributed by atoms with van der Waals surface area (Å²) in [5.74, 6) is -0.287. The second kappa shape index (κ2) is 8.82. The smallest absolute Gasteiger partial charge is 0.271 e. The number of non-ortho nitro benzene ring substituents is 1. The summed E-state index contributed by atoms with van der Waals surface area (Å²) in [4.78, 5) is 22.8. The zero-order chi connectivity index (χ0) is 20.3. The molecule has 3 rings (SSSR count). The Hall–Kier alpha value is -2.27.